The van der Waals surface area contributed by atoms with Crippen molar-refractivity contribution in [3.63, 3.8) is 0 Å². The maximum Gasteiger partial charge on any atom is 0.137 e. The molecule has 0 amide bonds. The van der Waals surface area contributed by atoms with Crippen LogP contribution >= 0.6 is 0 Å². The summed E-state index contributed by atoms with van der Waals surface area (Å²) in [5.74, 6) is 0.896. The molecule has 316 valence electrons. The molecular weight excluding hydrogens is 998 g/mol. The van der Waals surface area contributed by atoms with E-state index in [0.717, 1.165) is 135 Å². The van der Waals surface area contributed by atoms with Crippen LogP contribution in [0, 0.1) is 6.07 Å². The zero-order chi connectivity index (χ0) is 42.8. The third-order valence-electron chi connectivity index (χ3n) is 13.2. The topological polar surface area (TPSA) is 90.4 Å². The van der Waals surface area contributed by atoms with Gasteiger partial charge in [-0.25, -0.2) is 4.98 Å². The fourth-order valence-corrected chi connectivity index (χ4v) is 10.1. The van der Waals surface area contributed by atoms with E-state index in [1.165, 1.54) is 0 Å². The van der Waals surface area contributed by atoms with Gasteiger partial charge in [0.15, 0.2) is 0 Å². The third-order valence-corrected chi connectivity index (χ3v) is 13.2. The van der Waals surface area contributed by atoms with Crippen LogP contribution in [0.1, 0.15) is 11.1 Å². The third kappa shape index (κ3) is 5.93. The van der Waals surface area contributed by atoms with Gasteiger partial charge in [-0.3, -0.25) is 4.98 Å². The van der Waals surface area contributed by atoms with Gasteiger partial charge in [-0.2, -0.15) is 0 Å². The van der Waals surface area contributed by atoms with E-state index in [2.05, 4.69) is 120 Å². The van der Waals surface area contributed by atoms with Crippen molar-refractivity contribution >= 4 is 65.8 Å². The van der Waals surface area contributed by atoms with E-state index in [1.54, 1.807) is 6.07 Å². The molecule has 5 aromatic heterocycles. The normalized spacial score (nSPS) is 12.4. The van der Waals surface area contributed by atoms with Crippen LogP contribution in [0.5, 0.6) is 5.75 Å². The number of aromatic nitrogens is 3. The van der Waals surface area contributed by atoms with Gasteiger partial charge in [0.25, 0.3) is 0 Å². The monoisotopic (exact) mass is 1030 g/mol. The summed E-state index contributed by atoms with van der Waals surface area (Å²) in [4.78, 5) is 10.9. The molecule has 8 heteroatoms. The second-order valence-electron chi connectivity index (χ2n) is 16.9. The molecule has 0 saturated carbocycles. The van der Waals surface area contributed by atoms with Crippen LogP contribution in [0.25, 0.3) is 128 Å². The Kier molecular flexibility index (Phi) is 8.61. The summed E-state index contributed by atoms with van der Waals surface area (Å²) in [6.07, 6.45) is 3.62. The van der Waals surface area contributed by atoms with Crippen LogP contribution in [0.4, 0.5) is 0 Å². The molecule has 0 unspecified atom stereocenters. The number of phenolic OH excluding ortho intramolecular Hbond substituents is 1. The Morgan fingerprint density at radius 3 is 2.00 bits per heavy atom. The summed E-state index contributed by atoms with van der Waals surface area (Å²) >= 11 is 0. The number of hydrogen-bond donors (Lipinski definition) is 1. The molecule has 0 radical (unpaired) electrons. The van der Waals surface area contributed by atoms with E-state index in [1.807, 2.05) is 60.7 Å². The Morgan fingerprint density at radius 2 is 1.17 bits per heavy atom. The van der Waals surface area contributed by atoms with Crippen LogP contribution < -0.4 is 0 Å². The number of phenols is 1. The predicted octanol–water partition coefficient (Wildman–Crippen LogP) is 14.9. The molecular formula is C58H34N3O4Pt-. The summed E-state index contributed by atoms with van der Waals surface area (Å²) in [6.45, 7) is 0. The van der Waals surface area contributed by atoms with Gasteiger partial charge in [0.05, 0.1) is 28.5 Å². The molecule has 13 aromatic rings. The summed E-state index contributed by atoms with van der Waals surface area (Å²) in [7, 11) is 0. The molecule has 1 aliphatic carbocycles. The van der Waals surface area contributed by atoms with Crippen LogP contribution in [0.15, 0.2) is 189 Å². The van der Waals surface area contributed by atoms with Crippen molar-refractivity contribution in [3.05, 3.63) is 193 Å². The van der Waals surface area contributed by atoms with Crippen molar-refractivity contribution in [2.45, 2.75) is 12.8 Å². The van der Waals surface area contributed by atoms with Crippen molar-refractivity contribution in [2.24, 2.45) is 0 Å². The maximum absolute atomic E-state index is 11.5. The minimum absolute atomic E-state index is 0. The number of pyridine rings is 1. The van der Waals surface area contributed by atoms with Gasteiger partial charge >= 0.3 is 0 Å². The molecule has 7 nitrogen and oxygen atoms in total. The van der Waals surface area contributed by atoms with Gasteiger partial charge < -0.3 is 22.9 Å². The molecule has 14 rings (SSSR count). The molecule has 0 aliphatic heterocycles. The first-order chi connectivity index (χ1) is 32.1. The number of imidazole rings is 1. The van der Waals surface area contributed by atoms with Gasteiger partial charge in [0, 0.05) is 71.5 Å². The standard InChI is InChI=1S/C58H34N3O4.Pt/c62-49-14-8-11-34-17-22-42-43(36-19-25-52-44(28-36)40-13-5-7-16-51(40)63-52)31-47(59-57(42)56(34)49)48-32-61(38-21-23-41-39-12-4-6-15-50(39)65-55(41)30-38)58(60-48)37-20-26-54-46(29-37)45-27-35(18-24-53(45)64-54)33-9-2-1-3-10-33;/h1-16,18-19,21,23-32,62H,17,22H2;/q-1;. The SMILES string of the molecule is Oc1cccc2c1-c1nc(-c3cn(-c4ccc5c(c4)oc4ccccc45)c(-c4[c-]cc5oc6ccc(-c7ccccc7)cc6c5c4)n3)cc(-c3ccc4oc5ccccc5c4c3)c1CC2.[Pt]. The molecule has 0 saturated heterocycles. The summed E-state index contributed by atoms with van der Waals surface area (Å²) in [5, 5.41) is 17.7. The van der Waals surface area contributed by atoms with E-state index < -0.39 is 0 Å². The zero-order valence-corrected chi connectivity index (χ0v) is 37.3. The van der Waals surface area contributed by atoms with Crippen molar-refractivity contribution in [2.75, 3.05) is 0 Å². The van der Waals surface area contributed by atoms with Crippen molar-refractivity contribution < 1.29 is 39.4 Å². The summed E-state index contributed by atoms with van der Waals surface area (Å²) in [6, 6.07) is 61.2. The number of rotatable bonds is 5. The van der Waals surface area contributed by atoms with E-state index in [4.69, 9.17) is 23.2 Å². The number of hydrogen-bond acceptors (Lipinski definition) is 6. The van der Waals surface area contributed by atoms with Gasteiger partial charge in [-0.1, -0.05) is 96.4 Å². The number of para-hydroxylation sites is 2. The molecule has 1 aliphatic rings. The van der Waals surface area contributed by atoms with Gasteiger partial charge in [-0.05, 0) is 107 Å². The van der Waals surface area contributed by atoms with Crippen LogP contribution in [0.3, 0.4) is 0 Å². The zero-order valence-electron chi connectivity index (χ0n) is 35.0. The predicted molar refractivity (Wildman–Crippen MR) is 258 cm³/mol. The van der Waals surface area contributed by atoms with E-state index in [9.17, 15) is 5.11 Å². The van der Waals surface area contributed by atoms with Gasteiger partial charge in [-0.15, -0.1) is 23.8 Å². The Balaban J connectivity index is 0.00000435. The van der Waals surface area contributed by atoms with Crippen molar-refractivity contribution in [1.82, 2.24) is 14.5 Å². The smallest absolute Gasteiger partial charge is 0.137 e. The van der Waals surface area contributed by atoms with E-state index in [0.29, 0.717) is 17.2 Å². The largest absolute Gasteiger partial charge is 0.507 e. The first-order valence-electron chi connectivity index (χ1n) is 21.8. The van der Waals surface area contributed by atoms with Crippen LogP contribution in [0.2, 0.25) is 0 Å². The Labute approximate surface area is 391 Å². The number of benzene rings is 8. The van der Waals surface area contributed by atoms with Crippen LogP contribution in [-0.4, -0.2) is 19.6 Å². The molecule has 0 fully saturated rings. The molecule has 0 bridgehead atoms. The van der Waals surface area contributed by atoms with Gasteiger partial charge in [0.2, 0.25) is 0 Å². The van der Waals surface area contributed by atoms with Crippen LogP contribution in [-0.2, 0) is 33.9 Å². The number of aromatic hydroxyl groups is 1. The first kappa shape index (κ1) is 38.5. The minimum atomic E-state index is 0. The van der Waals surface area contributed by atoms with E-state index >= 15 is 0 Å². The number of fused-ring (bicyclic) bond motifs is 12. The van der Waals surface area contributed by atoms with E-state index in [-0.39, 0.29) is 26.8 Å². The summed E-state index contributed by atoms with van der Waals surface area (Å²) in [5.41, 5.74) is 15.9. The maximum atomic E-state index is 11.5. The molecule has 0 spiro atoms. The number of furan rings is 3. The number of aryl methyl sites for hydroxylation is 1. The van der Waals surface area contributed by atoms with Crippen molar-refractivity contribution in [3.8, 4) is 67.7 Å². The Morgan fingerprint density at radius 1 is 0.500 bits per heavy atom. The Bertz CT molecular complexity index is 4100. The minimum Gasteiger partial charge on any atom is -0.507 e. The fourth-order valence-electron chi connectivity index (χ4n) is 10.1. The second-order valence-corrected chi connectivity index (χ2v) is 16.9. The molecule has 1 N–H and O–H groups in total. The number of nitrogens with zero attached hydrogens (tertiary/aromatic N) is 3. The van der Waals surface area contributed by atoms with Gasteiger partial charge in [0.1, 0.15) is 33.7 Å². The molecule has 8 aromatic carbocycles. The first-order valence-corrected chi connectivity index (χ1v) is 21.8. The van der Waals surface area contributed by atoms with Crippen molar-refractivity contribution in [1.29, 1.82) is 0 Å². The summed E-state index contributed by atoms with van der Waals surface area (Å²) < 4.78 is 21.2. The Hall–Kier alpha value is -7.99. The molecule has 66 heavy (non-hydrogen) atoms. The fraction of sp³-hybridized carbons (Fsp3) is 0.0345. The quantitative estimate of drug-likeness (QED) is 0.173. The average molecular weight is 1030 g/mol. The molecule has 5 heterocycles. The molecule has 0 atom stereocenters. The average Bonchev–Trinajstić information content (AvgIpc) is 4.15. The second kappa shape index (κ2) is 14.8.